The molecular formula is C28H26N8O2. The monoisotopic (exact) mass is 506 g/mol. The summed E-state index contributed by atoms with van der Waals surface area (Å²) in [7, 11) is 0. The normalized spacial score (nSPS) is 20.3. The highest BCUT2D eigenvalue weighted by atomic mass is 16.5. The highest BCUT2D eigenvalue weighted by Crippen LogP contribution is 2.49. The number of ether oxygens (including phenoxy) is 1. The first-order valence-electron chi connectivity index (χ1n) is 12.7. The van der Waals surface area contributed by atoms with Crippen molar-refractivity contribution in [3.8, 4) is 11.5 Å². The smallest absolute Gasteiger partial charge is 0.246 e. The van der Waals surface area contributed by atoms with Crippen molar-refractivity contribution in [3.63, 3.8) is 0 Å². The first-order chi connectivity index (χ1) is 18.6. The SMILES string of the molecule is C=CC(=O)N1C[C@H]2C[C@@H]1C[C@@H]2c1ccn2ncnc(Nc3ccc(Oc4ccn5ncnc5c4)c(C)c3)c12. The van der Waals surface area contributed by atoms with E-state index in [2.05, 4.69) is 38.1 Å². The van der Waals surface area contributed by atoms with Crippen molar-refractivity contribution >= 4 is 28.6 Å². The Kier molecular flexibility index (Phi) is 5.14. The van der Waals surface area contributed by atoms with Crippen LogP contribution in [0.1, 0.15) is 29.9 Å². The zero-order valence-electron chi connectivity index (χ0n) is 20.9. The second-order valence-electron chi connectivity index (χ2n) is 9.99. The Hall–Kier alpha value is -4.73. The van der Waals surface area contributed by atoms with Crippen LogP contribution in [-0.4, -0.2) is 52.6 Å². The number of nitrogens with zero attached hydrogens (tertiary/aromatic N) is 7. The lowest BCUT2D eigenvalue weighted by Crippen LogP contribution is -2.38. The van der Waals surface area contributed by atoms with Gasteiger partial charge in [-0.2, -0.15) is 10.2 Å². The average Bonchev–Trinajstić information content (AvgIpc) is 3.72. The van der Waals surface area contributed by atoms with Crippen LogP contribution in [0.4, 0.5) is 11.5 Å². The fourth-order valence-electron chi connectivity index (χ4n) is 6.06. The fourth-order valence-corrected chi connectivity index (χ4v) is 6.06. The summed E-state index contributed by atoms with van der Waals surface area (Å²) in [6.07, 6.45) is 10.3. The Morgan fingerprint density at radius 3 is 2.74 bits per heavy atom. The molecule has 38 heavy (non-hydrogen) atoms. The standard InChI is InChI=1S/C28H26N8O2/c1-3-26(37)34-14-18-11-20(34)12-23(18)22-7-9-36-27(22)28(30-16-32-36)33-19-4-5-24(17(2)10-19)38-21-6-8-35-25(13-21)29-15-31-35/h3-10,13,15-16,18,20,23H,1,11-12,14H2,2H3,(H,30,32,33)/t18-,20-,23+/m1/s1. The number of benzene rings is 1. The second kappa shape index (κ2) is 8.69. The molecule has 10 nitrogen and oxygen atoms in total. The van der Waals surface area contributed by atoms with Gasteiger partial charge in [-0.3, -0.25) is 4.79 Å². The topological polar surface area (TPSA) is 102 Å². The number of carbonyl (C=O) groups excluding carboxylic acids is 1. The maximum atomic E-state index is 12.2. The van der Waals surface area contributed by atoms with Gasteiger partial charge in [0.15, 0.2) is 11.5 Å². The van der Waals surface area contributed by atoms with Crippen LogP contribution >= 0.6 is 0 Å². The van der Waals surface area contributed by atoms with Crippen molar-refractivity contribution in [1.82, 2.24) is 34.1 Å². The largest absolute Gasteiger partial charge is 0.457 e. The third kappa shape index (κ3) is 3.68. The summed E-state index contributed by atoms with van der Waals surface area (Å²) in [6.45, 7) is 6.45. The van der Waals surface area contributed by atoms with E-state index in [4.69, 9.17) is 4.74 Å². The van der Waals surface area contributed by atoms with Crippen LogP contribution in [0.25, 0.3) is 11.2 Å². The number of likely N-dealkylation sites (tertiary alicyclic amines) is 1. The van der Waals surface area contributed by atoms with Crippen molar-refractivity contribution in [1.29, 1.82) is 0 Å². The highest BCUT2D eigenvalue weighted by molar-refractivity contribution is 5.87. The number of hydrogen-bond acceptors (Lipinski definition) is 7. The zero-order chi connectivity index (χ0) is 25.8. The van der Waals surface area contributed by atoms with Gasteiger partial charge >= 0.3 is 0 Å². The molecule has 1 aliphatic heterocycles. The molecule has 1 N–H and O–H groups in total. The van der Waals surface area contributed by atoms with Gasteiger partial charge in [-0.1, -0.05) is 6.58 Å². The van der Waals surface area contributed by atoms with Crippen LogP contribution in [0, 0.1) is 12.8 Å². The molecule has 0 unspecified atom stereocenters. The Bertz CT molecular complexity index is 1710. The minimum Gasteiger partial charge on any atom is -0.457 e. The van der Waals surface area contributed by atoms with E-state index in [-0.39, 0.29) is 11.9 Å². The molecular weight excluding hydrogens is 480 g/mol. The summed E-state index contributed by atoms with van der Waals surface area (Å²) in [5.74, 6) is 3.04. The predicted octanol–water partition coefficient (Wildman–Crippen LogP) is 4.51. The lowest BCUT2D eigenvalue weighted by Gasteiger charge is -2.31. The van der Waals surface area contributed by atoms with E-state index >= 15 is 0 Å². The van der Waals surface area contributed by atoms with E-state index in [0.29, 0.717) is 17.6 Å². The number of anilines is 2. The van der Waals surface area contributed by atoms with Crippen molar-refractivity contribution in [2.24, 2.45) is 5.92 Å². The lowest BCUT2D eigenvalue weighted by atomic mass is 9.88. The summed E-state index contributed by atoms with van der Waals surface area (Å²) >= 11 is 0. The fraction of sp³-hybridized carbons (Fsp3) is 0.250. The van der Waals surface area contributed by atoms with Crippen LogP contribution in [0.15, 0.2) is 74.1 Å². The lowest BCUT2D eigenvalue weighted by molar-refractivity contribution is -0.127. The molecule has 5 heterocycles. The predicted molar refractivity (Wildman–Crippen MR) is 142 cm³/mol. The third-order valence-corrected chi connectivity index (χ3v) is 7.80. The molecule has 0 radical (unpaired) electrons. The van der Waals surface area contributed by atoms with E-state index in [0.717, 1.165) is 53.4 Å². The van der Waals surface area contributed by atoms with Gasteiger partial charge in [0.1, 0.15) is 29.7 Å². The number of aryl methyl sites for hydroxylation is 1. The number of nitrogens with one attached hydrogen (secondary N) is 1. The van der Waals surface area contributed by atoms with Crippen LogP contribution in [0.5, 0.6) is 11.5 Å². The number of rotatable bonds is 6. The summed E-state index contributed by atoms with van der Waals surface area (Å²) in [6, 6.07) is 12.1. The van der Waals surface area contributed by atoms with Crippen molar-refractivity contribution in [2.75, 3.05) is 11.9 Å². The number of pyridine rings is 1. The molecule has 3 atom stereocenters. The Morgan fingerprint density at radius 1 is 1.08 bits per heavy atom. The second-order valence-corrected chi connectivity index (χ2v) is 9.99. The first-order valence-corrected chi connectivity index (χ1v) is 12.7. The molecule has 190 valence electrons. The molecule has 4 aromatic heterocycles. The van der Waals surface area contributed by atoms with Gasteiger partial charge in [0, 0.05) is 36.7 Å². The Morgan fingerprint density at radius 2 is 1.92 bits per heavy atom. The molecule has 5 aromatic rings. The van der Waals surface area contributed by atoms with Crippen molar-refractivity contribution < 1.29 is 9.53 Å². The third-order valence-electron chi connectivity index (χ3n) is 7.80. The zero-order valence-corrected chi connectivity index (χ0v) is 20.9. The molecule has 2 aliphatic rings. The summed E-state index contributed by atoms with van der Waals surface area (Å²) in [4.78, 5) is 23.0. The molecule has 2 fully saturated rings. The summed E-state index contributed by atoms with van der Waals surface area (Å²) in [5, 5.41) is 12.1. The maximum Gasteiger partial charge on any atom is 0.246 e. The van der Waals surface area contributed by atoms with Gasteiger partial charge < -0.3 is 15.0 Å². The van der Waals surface area contributed by atoms with E-state index in [1.165, 1.54) is 18.0 Å². The average molecular weight is 507 g/mol. The van der Waals surface area contributed by atoms with Crippen LogP contribution in [-0.2, 0) is 4.79 Å². The Balaban J connectivity index is 1.14. The number of carbonyl (C=O) groups is 1. The molecule has 10 heteroatoms. The first kappa shape index (κ1) is 22.5. The molecule has 0 spiro atoms. The number of amides is 1. The van der Waals surface area contributed by atoms with E-state index in [1.54, 1.807) is 10.8 Å². The summed E-state index contributed by atoms with van der Waals surface area (Å²) in [5.41, 5.74) is 4.83. The van der Waals surface area contributed by atoms with Crippen molar-refractivity contribution in [2.45, 2.75) is 31.7 Å². The molecule has 1 saturated carbocycles. The number of piperidine rings is 1. The minimum atomic E-state index is 0.0326. The Labute approximate surface area is 218 Å². The van der Waals surface area contributed by atoms with Gasteiger partial charge in [0.05, 0.1) is 0 Å². The molecule has 2 bridgehead atoms. The van der Waals surface area contributed by atoms with E-state index in [1.807, 2.05) is 59.1 Å². The van der Waals surface area contributed by atoms with Gasteiger partial charge in [0.2, 0.25) is 5.91 Å². The number of hydrogen-bond donors (Lipinski definition) is 1. The molecule has 1 aromatic carbocycles. The van der Waals surface area contributed by atoms with Crippen LogP contribution in [0.2, 0.25) is 0 Å². The highest BCUT2D eigenvalue weighted by Gasteiger charge is 2.47. The number of aromatic nitrogens is 6. The van der Waals surface area contributed by atoms with Gasteiger partial charge in [-0.25, -0.2) is 19.0 Å². The van der Waals surface area contributed by atoms with Crippen molar-refractivity contribution in [3.05, 3.63) is 85.2 Å². The van der Waals surface area contributed by atoms with E-state index in [9.17, 15) is 4.79 Å². The van der Waals surface area contributed by atoms with Gasteiger partial charge in [-0.15, -0.1) is 0 Å². The molecule has 1 saturated heterocycles. The van der Waals surface area contributed by atoms with Crippen LogP contribution < -0.4 is 10.1 Å². The summed E-state index contributed by atoms with van der Waals surface area (Å²) < 4.78 is 9.70. The van der Waals surface area contributed by atoms with Gasteiger partial charge in [0.25, 0.3) is 0 Å². The number of fused-ring (bicyclic) bond motifs is 4. The van der Waals surface area contributed by atoms with Gasteiger partial charge in [-0.05, 0) is 79.1 Å². The maximum absolute atomic E-state index is 12.2. The van der Waals surface area contributed by atoms with E-state index < -0.39 is 0 Å². The molecule has 1 aliphatic carbocycles. The minimum absolute atomic E-state index is 0.0326. The molecule has 1 amide bonds. The quantitative estimate of drug-likeness (QED) is 0.338. The molecule has 7 rings (SSSR count). The van der Waals surface area contributed by atoms with Crippen LogP contribution in [0.3, 0.4) is 0 Å².